The normalized spacial score (nSPS) is 13.0. The van der Waals surface area contributed by atoms with Crippen molar-refractivity contribution in [2.24, 2.45) is 0 Å². The molecule has 0 saturated heterocycles. The number of esters is 2. The molecule has 2 N–H and O–H groups in total. The summed E-state index contributed by atoms with van der Waals surface area (Å²) in [6, 6.07) is 16.5. The number of phenols is 2. The van der Waals surface area contributed by atoms with Crippen LogP contribution in [0.5, 0.6) is 23.0 Å². The molecule has 344 valence electrons. The van der Waals surface area contributed by atoms with Crippen molar-refractivity contribution in [1.82, 2.24) is 0 Å². The summed E-state index contributed by atoms with van der Waals surface area (Å²) >= 11 is 0. The summed E-state index contributed by atoms with van der Waals surface area (Å²) in [5, 5.41) is 22.6. The number of ether oxygens (including phenoxy) is 2. The molecule has 0 aliphatic rings. The highest BCUT2D eigenvalue weighted by Crippen LogP contribution is 2.44. The largest absolute Gasteiger partial charge is 0.507 e. The smallest absolute Gasteiger partial charge is 0.311 e. The molecule has 4 aromatic carbocycles. The van der Waals surface area contributed by atoms with Gasteiger partial charge in [-0.25, -0.2) is 0 Å². The Balaban J connectivity index is 1.74. The van der Waals surface area contributed by atoms with Gasteiger partial charge in [0.25, 0.3) is 0 Å². The number of rotatable bonds is 10. The molecule has 0 amide bonds. The van der Waals surface area contributed by atoms with E-state index in [9.17, 15) is 19.8 Å². The van der Waals surface area contributed by atoms with Crippen LogP contribution in [0.25, 0.3) is 0 Å². The van der Waals surface area contributed by atoms with Crippen LogP contribution in [0.1, 0.15) is 204 Å². The Labute approximate surface area is 381 Å². The average Bonchev–Trinajstić information content (AvgIpc) is 3.09. The maximum absolute atomic E-state index is 14.0. The van der Waals surface area contributed by atoms with E-state index in [2.05, 4.69) is 163 Å². The van der Waals surface area contributed by atoms with E-state index < -0.39 is 0 Å². The van der Waals surface area contributed by atoms with Crippen molar-refractivity contribution in [3.63, 3.8) is 0 Å². The minimum Gasteiger partial charge on any atom is -0.507 e. The number of phenolic OH excluding ortho intramolecular Hbond substituents is 2. The molecule has 0 aliphatic heterocycles. The third-order valence-corrected chi connectivity index (χ3v) is 11.9. The first-order valence-corrected chi connectivity index (χ1v) is 22.9. The van der Waals surface area contributed by atoms with Gasteiger partial charge in [0.2, 0.25) is 0 Å². The van der Waals surface area contributed by atoms with Crippen molar-refractivity contribution in [3.05, 3.63) is 115 Å². The van der Waals surface area contributed by atoms with Gasteiger partial charge in [-0.3, -0.25) is 9.59 Å². The van der Waals surface area contributed by atoms with Gasteiger partial charge in [-0.15, -0.1) is 0 Å². The Morgan fingerprint density at radius 1 is 0.413 bits per heavy atom. The summed E-state index contributed by atoms with van der Waals surface area (Å²) in [6.45, 7) is 42.0. The molecule has 4 rings (SSSR count). The van der Waals surface area contributed by atoms with Crippen LogP contribution < -0.4 is 9.47 Å². The van der Waals surface area contributed by atoms with Crippen LogP contribution in [0.3, 0.4) is 0 Å². The number of carbonyl (C=O) groups excluding carboxylic acids is 2. The predicted molar refractivity (Wildman–Crippen MR) is 261 cm³/mol. The van der Waals surface area contributed by atoms with Crippen LogP contribution in [0, 0.1) is 13.8 Å². The van der Waals surface area contributed by atoms with Crippen LogP contribution in [0.4, 0.5) is 0 Å². The molecule has 0 radical (unpaired) electrons. The van der Waals surface area contributed by atoms with Crippen LogP contribution >= 0.6 is 0 Å². The fraction of sp³-hybridized carbons (Fsp3) is 0.544. The van der Waals surface area contributed by atoms with Crippen LogP contribution in [0.2, 0.25) is 0 Å². The van der Waals surface area contributed by atoms with E-state index in [1.165, 1.54) is 0 Å². The topological polar surface area (TPSA) is 93.1 Å². The quantitative estimate of drug-likeness (QED) is 0.122. The summed E-state index contributed by atoms with van der Waals surface area (Å²) in [5.41, 5.74) is 9.24. The van der Waals surface area contributed by atoms with Crippen LogP contribution in [-0.4, -0.2) is 22.2 Å². The number of aromatic hydroxyl groups is 2. The van der Waals surface area contributed by atoms with Crippen molar-refractivity contribution in [2.45, 2.75) is 203 Å². The summed E-state index contributed by atoms with van der Waals surface area (Å²) < 4.78 is 12.9. The van der Waals surface area contributed by atoms with E-state index >= 15 is 0 Å². The number of benzene rings is 4. The zero-order valence-corrected chi connectivity index (χ0v) is 42.7. The van der Waals surface area contributed by atoms with E-state index in [4.69, 9.17) is 9.47 Å². The zero-order valence-electron chi connectivity index (χ0n) is 42.7. The highest BCUT2D eigenvalue weighted by atomic mass is 16.5. The first-order chi connectivity index (χ1) is 28.5. The van der Waals surface area contributed by atoms with Crippen LogP contribution in [0.15, 0.2) is 48.5 Å². The standard InChI is InChI=1S/C57H80O6/c1-34-25-38(50(44(27-34)56(15,16)17)62-46(58)23-21-36-29-40(52(3,4)5)48(60)41(30-36)53(6,7)8)33-39-26-35(2)28-45(57(18,19)20)51(39)63-47(59)24-22-37-31-42(54(9,10)11)49(61)43(32-37)55(12,13)14/h25-32,60-61H,21-24,33H2,1-20H3. The maximum atomic E-state index is 14.0. The molecule has 0 fully saturated rings. The van der Waals surface area contributed by atoms with Crippen molar-refractivity contribution < 1.29 is 29.3 Å². The summed E-state index contributed by atoms with van der Waals surface area (Å²) in [7, 11) is 0. The van der Waals surface area contributed by atoms with Crippen molar-refractivity contribution >= 4 is 11.9 Å². The van der Waals surface area contributed by atoms with Crippen molar-refractivity contribution in [3.8, 4) is 23.0 Å². The maximum Gasteiger partial charge on any atom is 0.311 e. The zero-order chi connectivity index (χ0) is 48.0. The third-order valence-electron chi connectivity index (χ3n) is 11.9. The number of hydrogen-bond acceptors (Lipinski definition) is 6. The van der Waals surface area contributed by atoms with E-state index in [1.54, 1.807) is 0 Å². The van der Waals surface area contributed by atoms with Gasteiger partial charge in [-0.05, 0) is 104 Å². The second kappa shape index (κ2) is 18.1. The van der Waals surface area contributed by atoms with Crippen molar-refractivity contribution in [1.29, 1.82) is 0 Å². The molecule has 0 atom stereocenters. The van der Waals surface area contributed by atoms with Gasteiger partial charge in [0.15, 0.2) is 0 Å². The molecule has 6 heteroatoms. The molecule has 6 nitrogen and oxygen atoms in total. The second-order valence-electron chi connectivity index (χ2n) is 24.3. The fourth-order valence-corrected chi connectivity index (χ4v) is 8.31. The van der Waals surface area contributed by atoms with Gasteiger partial charge >= 0.3 is 11.9 Å². The molecule has 0 saturated carbocycles. The molecular formula is C57H80O6. The molecule has 0 spiro atoms. The molecular weight excluding hydrogens is 781 g/mol. The Hall–Kier alpha value is -4.58. The number of hydrogen-bond donors (Lipinski definition) is 2. The summed E-state index contributed by atoms with van der Waals surface area (Å²) in [4.78, 5) is 28.1. The lowest BCUT2D eigenvalue weighted by Gasteiger charge is -2.28. The Bertz CT molecular complexity index is 2100. The van der Waals surface area contributed by atoms with Gasteiger partial charge < -0.3 is 19.7 Å². The van der Waals surface area contributed by atoms with E-state index in [1.807, 2.05) is 24.3 Å². The van der Waals surface area contributed by atoms with Gasteiger partial charge in [0, 0.05) is 30.4 Å². The van der Waals surface area contributed by atoms with Gasteiger partial charge in [-0.1, -0.05) is 184 Å². The first kappa shape index (κ1) is 51.1. The molecule has 0 unspecified atom stereocenters. The van der Waals surface area contributed by atoms with Gasteiger partial charge in [0.1, 0.15) is 23.0 Å². The number of aryl methyl sites for hydroxylation is 4. The lowest BCUT2D eigenvalue weighted by molar-refractivity contribution is -0.135. The molecule has 63 heavy (non-hydrogen) atoms. The molecule has 0 aliphatic carbocycles. The highest BCUT2D eigenvalue weighted by Gasteiger charge is 2.31. The third kappa shape index (κ3) is 12.8. The lowest BCUT2D eigenvalue weighted by Crippen LogP contribution is -2.20. The SMILES string of the molecule is Cc1cc(Cc2cc(C)cc(C(C)(C)C)c2OC(=O)CCc2cc(C(C)(C)C)c(O)c(C(C)(C)C)c2)c(OC(=O)CCc2cc(C(C)(C)C)c(O)c(C(C)(C)C)c2)c(C(C)(C)C)c1. The minimum atomic E-state index is -0.344. The van der Waals surface area contributed by atoms with Crippen molar-refractivity contribution in [2.75, 3.05) is 0 Å². The Morgan fingerprint density at radius 2 is 0.667 bits per heavy atom. The monoisotopic (exact) mass is 861 g/mol. The van der Waals surface area contributed by atoms with E-state index in [0.717, 1.165) is 66.8 Å². The fourth-order valence-electron chi connectivity index (χ4n) is 8.31. The summed E-state index contributed by atoms with van der Waals surface area (Å²) in [5.74, 6) is 1.05. The second-order valence-corrected chi connectivity index (χ2v) is 24.3. The lowest BCUT2D eigenvalue weighted by atomic mass is 9.78. The molecule has 0 aromatic heterocycles. The first-order valence-electron chi connectivity index (χ1n) is 22.9. The van der Waals surface area contributed by atoms with E-state index in [-0.39, 0.29) is 57.3 Å². The predicted octanol–water partition coefficient (Wildman–Crippen LogP) is 14.2. The van der Waals surface area contributed by atoms with Gasteiger partial charge in [-0.2, -0.15) is 0 Å². The Morgan fingerprint density at radius 3 is 0.905 bits per heavy atom. The average molecular weight is 861 g/mol. The molecule has 0 bridgehead atoms. The Kier molecular flexibility index (Phi) is 14.7. The van der Waals surface area contributed by atoms with Crippen LogP contribution in [-0.2, 0) is 61.3 Å². The minimum absolute atomic E-state index is 0.159. The molecule has 4 aromatic rings. The van der Waals surface area contributed by atoms with Gasteiger partial charge in [0.05, 0.1) is 0 Å². The number of carbonyl (C=O) groups is 2. The molecule has 0 heterocycles. The summed E-state index contributed by atoms with van der Waals surface area (Å²) in [6.07, 6.45) is 1.62. The van der Waals surface area contributed by atoms with E-state index in [0.29, 0.717) is 42.3 Å². The highest BCUT2D eigenvalue weighted by molar-refractivity contribution is 5.76.